The Balaban J connectivity index is 2.91. The largest absolute Gasteiger partial charge is 0.399 e. The minimum Gasteiger partial charge on any atom is -0.399 e. The van der Waals surface area contributed by atoms with Crippen LogP contribution in [0.4, 0.5) is 20.2 Å². The lowest BCUT2D eigenvalue weighted by Gasteiger charge is -2.08. The van der Waals surface area contributed by atoms with E-state index in [9.17, 15) is 8.78 Å². The molecule has 0 atom stereocenters. The molecule has 4 heteroatoms. The van der Waals surface area contributed by atoms with Gasteiger partial charge in [-0.1, -0.05) is 12.2 Å². The number of hydrogen-bond donors (Lipinski definition) is 2. The summed E-state index contributed by atoms with van der Waals surface area (Å²) in [5.74, 6) is -1.38. The normalized spacial score (nSPS) is 9.93. The third kappa shape index (κ3) is 2.45. The van der Waals surface area contributed by atoms with Crippen molar-refractivity contribution in [1.29, 1.82) is 0 Å². The molecule has 0 bridgehead atoms. The molecular formula is C10H12F2N2. The van der Waals surface area contributed by atoms with Crippen molar-refractivity contribution in [3.05, 3.63) is 35.9 Å². The number of anilines is 2. The molecule has 0 saturated carbocycles. The molecule has 0 amide bonds. The molecule has 0 aliphatic carbocycles. The molecule has 0 radical (unpaired) electrons. The van der Waals surface area contributed by atoms with Crippen molar-refractivity contribution in [2.45, 2.75) is 6.92 Å². The zero-order chi connectivity index (χ0) is 10.7. The van der Waals surface area contributed by atoms with E-state index < -0.39 is 11.6 Å². The Morgan fingerprint density at radius 1 is 1.43 bits per heavy atom. The van der Waals surface area contributed by atoms with Crippen molar-refractivity contribution in [2.75, 3.05) is 17.6 Å². The number of nitrogens with two attached hydrogens (primary N) is 1. The van der Waals surface area contributed by atoms with E-state index in [1.807, 2.05) is 0 Å². The van der Waals surface area contributed by atoms with E-state index >= 15 is 0 Å². The Bertz CT molecular complexity index is 338. The summed E-state index contributed by atoms with van der Waals surface area (Å²) >= 11 is 0. The maximum absolute atomic E-state index is 13.1. The standard InChI is InChI=1S/C10H12F2N2/c1-6(2)5-14-10-8(11)3-7(13)4-9(10)12/h3-4,14H,1,5,13H2,2H3. The van der Waals surface area contributed by atoms with Crippen molar-refractivity contribution in [2.24, 2.45) is 0 Å². The van der Waals surface area contributed by atoms with Crippen molar-refractivity contribution in [1.82, 2.24) is 0 Å². The lowest BCUT2D eigenvalue weighted by Crippen LogP contribution is -2.06. The van der Waals surface area contributed by atoms with Gasteiger partial charge in [0.1, 0.15) is 5.69 Å². The topological polar surface area (TPSA) is 38.0 Å². The van der Waals surface area contributed by atoms with E-state index in [1.165, 1.54) is 0 Å². The van der Waals surface area contributed by atoms with Crippen LogP contribution in [0.25, 0.3) is 0 Å². The number of benzene rings is 1. The van der Waals surface area contributed by atoms with E-state index in [-0.39, 0.29) is 11.4 Å². The molecule has 1 aromatic rings. The first-order chi connectivity index (χ1) is 6.50. The number of nitrogens with one attached hydrogen (secondary N) is 1. The zero-order valence-electron chi connectivity index (χ0n) is 7.90. The summed E-state index contributed by atoms with van der Waals surface area (Å²) in [6.07, 6.45) is 0. The second-order valence-corrected chi connectivity index (χ2v) is 3.17. The summed E-state index contributed by atoms with van der Waals surface area (Å²) < 4.78 is 26.3. The summed E-state index contributed by atoms with van der Waals surface area (Å²) in [6.45, 7) is 5.71. The predicted octanol–water partition coefficient (Wildman–Crippen LogP) is 2.54. The highest BCUT2D eigenvalue weighted by molar-refractivity contribution is 5.54. The fraction of sp³-hybridized carbons (Fsp3) is 0.200. The Morgan fingerprint density at radius 3 is 2.36 bits per heavy atom. The number of halogens is 2. The molecule has 1 rings (SSSR count). The summed E-state index contributed by atoms with van der Waals surface area (Å²) in [5.41, 5.74) is 5.96. The van der Waals surface area contributed by atoms with Crippen LogP contribution in [0.3, 0.4) is 0 Å². The van der Waals surface area contributed by atoms with Crippen molar-refractivity contribution in [3.8, 4) is 0 Å². The van der Waals surface area contributed by atoms with Crippen LogP contribution in [0.2, 0.25) is 0 Å². The molecule has 3 N–H and O–H groups in total. The molecule has 0 spiro atoms. The number of nitrogen functional groups attached to an aromatic ring is 1. The average molecular weight is 198 g/mol. The second kappa shape index (κ2) is 4.09. The fourth-order valence-corrected chi connectivity index (χ4v) is 1.00. The lowest BCUT2D eigenvalue weighted by molar-refractivity contribution is 0.590. The van der Waals surface area contributed by atoms with E-state index in [1.54, 1.807) is 6.92 Å². The first-order valence-electron chi connectivity index (χ1n) is 4.13. The number of hydrogen-bond acceptors (Lipinski definition) is 2. The van der Waals surface area contributed by atoms with Gasteiger partial charge in [0.25, 0.3) is 0 Å². The molecule has 0 unspecified atom stereocenters. The third-order valence-corrected chi connectivity index (χ3v) is 1.63. The van der Waals surface area contributed by atoms with Gasteiger partial charge >= 0.3 is 0 Å². The SMILES string of the molecule is C=C(C)CNc1c(F)cc(N)cc1F. The molecule has 0 aromatic heterocycles. The van der Waals surface area contributed by atoms with Crippen molar-refractivity contribution in [3.63, 3.8) is 0 Å². The van der Waals surface area contributed by atoms with Crippen LogP contribution in [-0.4, -0.2) is 6.54 Å². The van der Waals surface area contributed by atoms with Gasteiger partial charge in [0.05, 0.1) is 0 Å². The van der Waals surface area contributed by atoms with Crippen molar-refractivity contribution < 1.29 is 8.78 Å². The molecule has 0 saturated heterocycles. The van der Waals surface area contributed by atoms with Crippen LogP contribution in [0, 0.1) is 11.6 Å². The van der Waals surface area contributed by atoms with Crippen LogP contribution < -0.4 is 11.1 Å². The third-order valence-electron chi connectivity index (χ3n) is 1.63. The maximum Gasteiger partial charge on any atom is 0.151 e. The van der Waals surface area contributed by atoms with Crippen LogP contribution in [0.1, 0.15) is 6.92 Å². The van der Waals surface area contributed by atoms with E-state index in [0.29, 0.717) is 6.54 Å². The minimum atomic E-state index is -0.691. The summed E-state index contributed by atoms with van der Waals surface area (Å²) in [6, 6.07) is 2.15. The fourth-order valence-electron chi connectivity index (χ4n) is 1.00. The van der Waals surface area contributed by atoms with Crippen LogP contribution >= 0.6 is 0 Å². The molecule has 76 valence electrons. The highest BCUT2D eigenvalue weighted by atomic mass is 19.1. The maximum atomic E-state index is 13.1. The first-order valence-corrected chi connectivity index (χ1v) is 4.13. The minimum absolute atomic E-state index is 0.0703. The molecular weight excluding hydrogens is 186 g/mol. The molecule has 14 heavy (non-hydrogen) atoms. The summed E-state index contributed by atoms with van der Waals surface area (Å²) in [5, 5.41) is 2.60. The second-order valence-electron chi connectivity index (χ2n) is 3.17. The monoisotopic (exact) mass is 198 g/mol. The Kier molecular flexibility index (Phi) is 3.06. The zero-order valence-corrected chi connectivity index (χ0v) is 7.90. The van der Waals surface area contributed by atoms with Crippen LogP contribution in [-0.2, 0) is 0 Å². The van der Waals surface area contributed by atoms with E-state index in [0.717, 1.165) is 17.7 Å². The highest BCUT2D eigenvalue weighted by Crippen LogP contribution is 2.21. The molecule has 2 nitrogen and oxygen atoms in total. The van der Waals surface area contributed by atoms with Crippen molar-refractivity contribution >= 4 is 11.4 Å². The quantitative estimate of drug-likeness (QED) is 0.578. The Labute approximate surface area is 81.4 Å². The van der Waals surface area contributed by atoms with Gasteiger partial charge in [-0.2, -0.15) is 0 Å². The van der Waals surface area contributed by atoms with Gasteiger partial charge in [-0.05, 0) is 19.1 Å². The van der Waals surface area contributed by atoms with Gasteiger partial charge in [-0.25, -0.2) is 8.78 Å². The summed E-state index contributed by atoms with van der Waals surface area (Å²) in [4.78, 5) is 0. The predicted molar refractivity (Wildman–Crippen MR) is 54.1 cm³/mol. The molecule has 0 fully saturated rings. The number of rotatable bonds is 3. The van der Waals surface area contributed by atoms with Gasteiger partial charge in [0.2, 0.25) is 0 Å². The molecule has 1 aromatic carbocycles. The van der Waals surface area contributed by atoms with E-state index in [2.05, 4.69) is 11.9 Å². The van der Waals surface area contributed by atoms with Gasteiger partial charge in [-0.15, -0.1) is 0 Å². The Morgan fingerprint density at radius 2 is 1.93 bits per heavy atom. The average Bonchev–Trinajstić information content (AvgIpc) is 2.01. The van der Waals surface area contributed by atoms with Crippen LogP contribution in [0.5, 0.6) is 0 Å². The first kappa shape index (κ1) is 10.5. The van der Waals surface area contributed by atoms with Gasteiger partial charge in [0, 0.05) is 12.2 Å². The lowest BCUT2D eigenvalue weighted by atomic mass is 10.2. The smallest absolute Gasteiger partial charge is 0.151 e. The van der Waals surface area contributed by atoms with Crippen LogP contribution in [0.15, 0.2) is 24.3 Å². The van der Waals surface area contributed by atoms with E-state index in [4.69, 9.17) is 5.73 Å². The summed E-state index contributed by atoms with van der Waals surface area (Å²) in [7, 11) is 0. The Hall–Kier alpha value is -1.58. The van der Waals surface area contributed by atoms with Gasteiger partial charge in [0.15, 0.2) is 11.6 Å². The highest BCUT2D eigenvalue weighted by Gasteiger charge is 2.09. The van der Waals surface area contributed by atoms with Gasteiger partial charge in [-0.3, -0.25) is 0 Å². The molecule has 0 heterocycles. The molecule has 0 aliphatic heterocycles. The molecule has 0 aliphatic rings. The van der Waals surface area contributed by atoms with Gasteiger partial charge < -0.3 is 11.1 Å².